The van der Waals surface area contributed by atoms with Crippen LogP contribution in [0.4, 0.5) is 0 Å². The fraction of sp³-hybridized carbons (Fsp3) is 1.00. The molecule has 1 saturated heterocycles. The Morgan fingerprint density at radius 2 is 2.00 bits per heavy atom. The van der Waals surface area contributed by atoms with Crippen molar-refractivity contribution >= 4 is 0 Å². The summed E-state index contributed by atoms with van der Waals surface area (Å²) in [6, 6.07) is 1.20. The molecular weight excluding hydrogens is 212 g/mol. The van der Waals surface area contributed by atoms with E-state index in [2.05, 4.69) is 37.9 Å². The predicted molar refractivity (Wildman–Crippen MR) is 73.4 cm³/mol. The molecule has 0 aromatic heterocycles. The Kier molecular flexibility index (Phi) is 7.09. The number of hydrogen-bond donors (Lipinski definition) is 1. The fourth-order valence-corrected chi connectivity index (χ4v) is 2.48. The standard InChI is InChI=1S/C14H30N2O/c1-5-7-15-14-11-17-10-13(14)9-16(8-6-2)12(3)4/h12-15H,5-11H2,1-4H3. The van der Waals surface area contributed by atoms with E-state index in [0.29, 0.717) is 18.0 Å². The molecule has 17 heavy (non-hydrogen) atoms. The number of hydrogen-bond acceptors (Lipinski definition) is 3. The average molecular weight is 242 g/mol. The van der Waals surface area contributed by atoms with Crippen LogP contribution in [0.3, 0.4) is 0 Å². The van der Waals surface area contributed by atoms with Gasteiger partial charge in [-0.05, 0) is 39.8 Å². The molecule has 1 fully saturated rings. The Morgan fingerprint density at radius 3 is 2.59 bits per heavy atom. The van der Waals surface area contributed by atoms with Gasteiger partial charge in [-0.1, -0.05) is 13.8 Å². The maximum absolute atomic E-state index is 5.64. The molecule has 1 heterocycles. The quantitative estimate of drug-likeness (QED) is 0.705. The third-order valence-corrected chi connectivity index (χ3v) is 3.57. The van der Waals surface area contributed by atoms with Gasteiger partial charge in [-0.2, -0.15) is 0 Å². The lowest BCUT2D eigenvalue weighted by Gasteiger charge is -2.30. The lowest BCUT2D eigenvalue weighted by molar-refractivity contribution is 0.152. The van der Waals surface area contributed by atoms with Gasteiger partial charge in [-0.25, -0.2) is 0 Å². The molecule has 1 aliphatic heterocycles. The molecule has 0 aromatic rings. The molecule has 3 nitrogen and oxygen atoms in total. The lowest BCUT2D eigenvalue weighted by atomic mass is 10.0. The van der Waals surface area contributed by atoms with Crippen LogP contribution in [-0.4, -0.2) is 49.8 Å². The normalized spacial score (nSPS) is 25.1. The molecule has 0 radical (unpaired) electrons. The fourth-order valence-electron chi connectivity index (χ4n) is 2.48. The first kappa shape index (κ1) is 14.9. The minimum atomic E-state index is 0.563. The van der Waals surface area contributed by atoms with Gasteiger partial charge < -0.3 is 15.0 Å². The molecule has 0 bridgehead atoms. The Hall–Kier alpha value is -0.120. The second kappa shape index (κ2) is 8.06. The summed E-state index contributed by atoms with van der Waals surface area (Å²) in [4.78, 5) is 2.58. The van der Waals surface area contributed by atoms with Gasteiger partial charge in [-0.3, -0.25) is 0 Å². The number of nitrogens with one attached hydrogen (secondary N) is 1. The zero-order valence-electron chi connectivity index (χ0n) is 12.0. The summed E-state index contributed by atoms with van der Waals surface area (Å²) in [5.41, 5.74) is 0. The van der Waals surface area contributed by atoms with Gasteiger partial charge in [0.2, 0.25) is 0 Å². The Balaban J connectivity index is 2.41. The van der Waals surface area contributed by atoms with Crippen LogP contribution < -0.4 is 5.32 Å². The lowest BCUT2D eigenvalue weighted by Crippen LogP contribution is -2.44. The molecule has 0 amide bonds. The van der Waals surface area contributed by atoms with Crippen LogP contribution in [0.1, 0.15) is 40.5 Å². The van der Waals surface area contributed by atoms with Crippen LogP contribution in [0.25, 0.3) is 0 Å². The van der Waals surface area contributed by atoms with Gasteiger partial charge in [0.25, 0.3) is 0 Å². The summed E-state index contributed by atoms with van der Waals surface area (Å²) in [6.07, 6.45) is 2.44. The summed E-state index contributed by atoms with van der Waals surface area (Å²) < 4.78 is 5.64. The molecule has 102 valence electrons. The number of rotatable bonds is 8. The Morgan fingerprint density at radius 1 is 1.24 bits per heavy atom. The van der Waals surface area contributed by atoms with Gasteiger partial charge in [-0.15, -0.1) is 0 Å². The second-order valence-corrected chi connectivity index (χ2v) is 5.45. The summed E-state index contributed by atoms with van der Waals surface area (Å²) in [5.74, 6) is 0.662. The maximum atomic E-state index is 5.64. The highest BCUT2D eigenvalue weighted by atomic mass is 16.5. The van der Waals surface area contributed by atoms with Crippen molar-refractivity contribution in [3.63, 3.8) is 0 Å². The van der Waals surface area contributed by atoms with Crippen molar-refractivity contribution in [2.24, 2.45) is 5.92 Å². The first-order valence-corrected chi connectivity index (χ1v) is 7.24. The minimum Gasteiger partial charge on any atom is -0.379 e. The van der Waals surface area contributed by atoms with Crippen molar-refractivity contribution in [3.05, 3.63) is 0 Å². The first-order chi connectivity index (χ1) is 8.19. The largest absolute Gasteiger partial charge is 0.379 e. The van der Waals surface area contributed by atoms with E-state index in [-0.39, 0.29) is 0 Å². The van der Waals surface area contributed by atoms with Crippen molar-refractivity contribution in [2.45, 2.75) is 52.6 Å². The monoisotopic (exact) mass is 242 g/mol. The van der Waals surface area contributed by atoms with Crippen LogP contribution in [0.15, 0.2) is 0 Å². The van der Waals surface area contributed by atoms with Crippen LogP contribution >= 0.6 is 0 Å². The molecule has 0 spiro atoms. The van der Waals surface area contributed by atoms with E-state index in [4.69, 9.17) is 4.74 Å². The second-order valence-electron chi connectivity index (χ2n) is 5.45. The van der Waals surface area contributed by atoms with E-state index in [0.717, 1.165) is 19.8 Å². The third kappa shape index (κ3) is 4.94. The summed E-state index contributed by atoms with van der Waals surface area (Å²) >= 11 is 0. The van der Waals surface area contributed by atoms with Crippen LogP contribution in [0.2, 0.25) is 0 Å². The molecule has 2 unspecified atom stereocenters. The smallest absolute Gasteiger partial charge is 0.0623 e. The van der Waals surface area contributed by atoms with Crippen molar-refractivity contribution in [2.75, 3.05) is 32.8 Å². The molecule has 1 aliphatic rings. The summed E-state index contributed by atoms with van der Waals surface area (Å²) in [5, 5.41) is 3.62. The highest BCUT2D eigenvalue weighted by molar-refractivity contribution is 4.84. The first-order valence-electron chi connectivity index (χ1n) is 7.24. The Bertz CT molecular complexity index is 197. The summed E-state index contributed by atoms with van der Waals surface area (Å²) in [6.45, 7) is 14.4. The van der Waals surface area contributed by atoms with E-state index in [1.807, 2.05) is 0 Å². The SMILES string of the molecule is CCCNC1COCC1CN(CCC)C(C)C. The van der Waals surface area contributed by atoms with E-state index in [9.17, 15) is 0 Å². The molecule has 1 rings (SSSR count). The van der Waals surface area contributed by atoms with Gasteiger partial charge in [0.15, 0.2) is 0 Å². The molecule has 1 N–H and O–H groups in total. The number of nitrogens with zero attached hydrogens (tertiary/aromatic N) is 1. The molecule has 0 saturated carbocycles. The van der Waals surface area contributed by atoms with Gasteiger partial charge >= 0.3 is 0 Å². The van der Waals surface area contributed by atoms with Gasteiger partial charge in [0.1, 0.15) is 0 Å². The van der Waals surface area contributed by atoms with Crippen LogP contribution in [0.5, 0.6) is 0 Å². The third-order valence-electron chi connectivity index (χ3n) is 3.57. The van der Waals surface area contributed by atoms with Gasteiger partial charge in [0.05, 0.1) is 13.2 Å². The minimum absolute atomic E-state index is 0.563. The van der Waals surface area contributed by atoms with E-state index >= 15 is 0 Å². The maximum Gasteiger partial charge on any atom is 0.0623 e. The van der Waals surface area contributed by atoms with E-state index < -0.39 is 0 Å². The molecule has 0 aliphatic carbocycles. The molecule has 3 heteroatoms. The van der Waals surface area contributed by atoms with Crippen LogP contribution in [0, 0.1) is 5.92 Å². The summed E-state index contributed by atoms with van der Waals surface area (Å²) in [7, 11) is 0. The van der Waals surface area contributed by atoms with Crippen LogP contribution in [-0.2, 0) is 4.74 Å². The van der Waals surface area contributed by atoms with Crippen molar-refractivity contribution in [1.29, 1.82) is 0 Å². The topological polar surface area (TPSA) is 24.5 Å². The highest BCUT2D eigenvalue weighted by Crippen LogP contribution is 2.17. The van der Waals surface area contributed by atoms with Crippen molar-refractivity contribution in [1.82, 2.24) is 10.2 Å². The molecule has 2 atom stereocenters. The molecule has 0 aromatic carbocycles. The molecular formula is C14H30N2O. The average Bonchev–Trinajstić information content (AvgIpc) is 2.73. The zero-order chi connectivity index (χ0) is 12.7. The van der Waals surface area contributed by atoms with Crippen molar-refractivity contribution < 1.29 is 4.74 Å². The number of ether oxygens (including phenoxy) is 1. The Labute approximate surface area is 107 Å². The van der Waals surface area contributed by atoms with Gasteiger partial charge in [0, 0.05) is 24.5 Å². The van der Waals surface area contributed by atoms with E-state index in [1.165, 1.54) is 25.9 Å². The van der Waals surface area contributed by atoms with E-state index in [1.54, 1.807) is 0 Å². The highest BCUT2D eigenvalue weighted by Gasteiger charge is 2.29. The van der Waals surface area contributed by atoms with Crippen molar-refractivity contribution in [3.8, 4) is 0 Å². The predicted octanol–water partition coefficient (Wildman–Crippen LogP) is 2.12. The zero-order valence-corrected chi connectivity index (χ0v) is 12.0.